The van der Waals surface area contributed by atoms with Crippen molar-refractivity contribution in [2.24, 2.45) is 0 Å². The lowest BCUT2D eigenvalue weighted by molar-refractivity contribution is 0.103. The summed E-state index contributed by atoms with van der Waals surface area (Å²) in [6, 6.07) is 8.23. The lowest BCUT2D eigenvalue weighted by atomic mass is 10.2. The molecule has 1 aromatic heterocycles. The Kier molecular flexibility index (Phi) is 5.56. The van der Waals surface area contributed by atoms with Crippen molar-refractivity contribution in [3.05, 3.63) is 46.2 Å². The van der Waals surface area contributed by atoms with Crippen LogP contribution in [0.15, 0.2) is 40.6 Å². The van der Waals surface area contributed by atoms with Gasteiger partial charge in [0.05, 0.1) is 9.77 Å². The van der Waals surface area contributed by atoms with E-state index in [2.05, 4.69) is 5.32 Å². The number of carbonyl (C=O) groups excluding carboxylic acids is 1. The molecular formula is C16H20N2O3S2. The van der Waals surface area contributed by atoms with Crippen LogP contribution in [0.25, 0.3) is 0 Å². The van der Waals surface area contributed by atoms with Crippen LogP contribution in [0.3, 0.4) is 0 Å². The SMILES string of the molecule is CCN(CC)S(=O)(=O)c1cccc(NC(=O)c2sccc2C)c1. The second-order valence-electron chi connectivity index (χ2n) is 5.00. The molecule has 1 aromatic carbocycles. The Hall–Kier alpha value is -1.70. The first-order valence-corrected chi connectivity index (χ1v) is 9.67. The third-order valence-electron chi connectivity index (χ3n) is 3.50. The Morgan fingerprint density at radius 3 is 2.48 bits per heavy atom. The van der Waals surface area contributed by atoms with Crippen molar-refractivity contribution in [1.82, 2.24) is 4.31 Å². The lowest BCUT2D eigenvalue weighted by Gasteiger charge is -2.18. The summed E-state index contributed by atoms with van der Waals surface area (Å²) < 4.78 is 26.4. The number of sulfonamides is 1. The molecule has 0 aliphatic carbocycles. The van der Waals surface area contributed by atoms with Gasteiger partial charge >= 0.3 is 0 Å². The molecule has 23 heavy (non-hydrogen) atoms. The molecule has 2 aromatic rings. The molecule has 124 valence electrons. The number of nitrogens with one attached hydrogen (secondary N) is 1. The first-order valence-electron chi connectivity index (χ1n) is 7.35. The fourth-order valence-electron chi connectivity index (χ4n) is 2.24. The first kappa shape index (κ1) is 17.7. The molecule has 0 atom stereocenters. The van der Waals surface area contributed by atoms with Crippen molar-refractivity contribution in [3.8, 4) is 0 Å². The maximum atomic E-state index is 12.5. The van der Waals surface area contributed by atoms with Crippen LogP contribution >= 0.6 is 11.3 Å². The van der Waals surface area contributed by atoms with Crippen LogP contribution in [0.2, 0.25) is 0 Å². The summed E-state index contributed by atoms with van der Waals surface area (Å²) in [6.45, 7) is 6.28. The number of amides is 1. The minimum atomic E-state index is -3.54. The van der Waals surface area contributed by atoms with Crippen LogP contribution in [0.5, 0.6) is 0 Å². The van der Waals surface area contributed by atoms with E-state index in [1.54, 1.807) is 32.0 Å². The molecule has 0 spiro atoms. The number of carbonyl (C=O) groups is 1. The molecule has 7 heteroatoms. The number of thiophene rings is 1. The number of hydrogen-bond acceptors (Lipinski definition) is 4. The van der Waals surface area contributed by atoms with Crippen LogP contribution in [0, 0.1) is 6.92 Å². The highest BCUT2D eigenvalue weighted by molar-refractivity contribution is 7.89. The number of rotatable bonds is 6. The van der Waals surface area contributed by atoms with Gasteiger partial charge in [-0.15, -0.1) is 11.3 Å². The highest BCUT2D eigenvalue weighted by atomic mass is 32.2. The molecule has 1 amide bonds. The van der Waals surface area contributed by atoms with E-state index in [1.807, 2.05) is 18.4 Å². The molecule has 0 aliphatic heterocycles. The van der Waals surface area contributed by atoms with Crippen molar-refractivity contribution in [1.29, 1.82) is 0 Å². The monoisotopic (exact) mass is 352 g/mol. The largest absolute Gasteiger partial charge is 0.321 e. The van der Waals surface area contributed by atoms with Crippen molar-refractivity contribution in [2.45, 2.75) is 25.7 Å². The van der Waals surface area contributed by atoms with Crippen LogP contribution in [-0.4, -0.2) is 31.7 Å². The molecule has 0 aliphatic rings. The van der Waals surface area contributed by atoms with Crippen LogP contribution < -0.4 is 5.32 Å². The Morgan fingerprint density at radius 2 is 1.91 bits per heavy atom. The highest BCUT2D eigenvalue weighted by Crippen LogP contribution is 2.22. The number of anilines is 1. The summed E-state index contributed by atoms with van der Waals surface area (Å²) >= 11 is 1.36. The zero-order valence-corrected chi connectivity index (χ0v) is 15.0. The van der Waals surface area contributed by atoms with E-state index < -0.39 is 10.0 Å². The summed E-state index contributed by atoms with van der Waals surface area (Å²) in [5, 5.41) is 4.61. The average Bonchev–Trinajstić information content (AvgIpc) is 2.95. The Labute approximate surface area is 141 Å². The number of hydrogen-bond donors (Lipinski definition) is 1. The molecule has 0 fully saturated rings. The molecule has 5 nitrogen and oxygen atoms in total. The Balaban J connectivity index is 2.27. The van der Waals surface area contributed by atoms with E-state index in [-0.39, 0.29) is 10.8 Å². The fourth-order valence-corrected chi connectivity index (χ4v) is 4.56. The van der Waals surface area contributed by atoms with Crippen molar-refractivity contribution in [2.75, 3.05) is 18.4 Å². The number of aryl methyl sites for hydroxylation is 1. The number of nitrogens with zero attached hydrogens (tertiary/aromatic N) is 1. The molecule has 0 radical (unpaired) electrons. The minimum Gasteiger partial charge on any atom is -0.321 e. The van der Waals surface area contributed by atoms with Gasteiger partial charge in [0.1, 0.15) is 0 Å². The summed E-state index contributed by atoms with van der Waals surface area (Å²) in [7, 11) is -3.54. The van der Waals surface area contributed by atoms with Gasteiger partial charge in [-0.05, 0) is 42.1 Å². The first-order chi connectivity index (χ1) is 10.9. The molecule has 0 unspecified atom stereocenters. The van der Waals surface area contributed by atoms with Gasteiger partial charge in [0, 0.05) is 18.8 Å². The molecule has 2 rings (SSSR count). The standard InChI is InChI=1S/C16H20N2O3S2/c1-4-18(5-2)23(20,21)14-8-6-7-13(11-14)17-16(19)15-12(3)9-10-22-15/h6-11H,4-5H2,1-3H3,(H,17,19). The van der Waals surface area contributed by atoms with E-state index in [9.17, 15) is 13.2 Å². The smallest absolute Gasteiger partial charge is 0.265 e. The summed E-state index contributed by atoms with van der Waals surface area (Å²) in [5.41, 5.74) is 1.37. The molecule has 0 bridgehead atoms. The van der Waals surface area contributed by atoms with E-state index in [1.165, 1.54) is 21.7 Å². The summed E-state index contributed by atoms with van der Waals surface area (Å²) in [5.74, 6) is -0.227. The van der Waals surface area contributed by atoms with E-state index in [0.717, 1.165) is 5.56 Å². The predicted octanol–water partition coefficient (Wildman–Crippen LogP) is 3.34. The van der Waals surface area contributed by atoms with Gasteiger partial charge in [0.15, 0.2) is 0 Å². The van der Waals surface area contributed by atoms with Gasteiger partial charge < -0.3 is 5.32 Å². The minimum absolute atomic E-state index is 0.182. The highest BCUT2D eigenvalue weighted by Gasteiger charge is 2.22. The van der Waals surface area contributed by atoms with E-state index >= 15 is 0 Å². The van der Waals surface area contributed by atoms with Gasteiger partial charge in [0.25, 0.3) is 5.91 Å². The van der Waals surface area contributed by atoms with E-state index in [0.29, 0.717) is 23.7 Å². The molecule has 1 heterocycles. The van der Waals surface area contributed by atoms with Gasteiger partial charge in [-0.1, -0.05) is 19.9 Å². The Morgan fingerprint density at radius 1 is 1.22 bits per heavy atom. The van der Waals surface area contributed by atoms with Crippen molar-refractivity contribution in [3.63, 3.8) is 0 Å². The molecule has 1 N–H and O–H groups in total. The van der Waals surface area contributed by atoms with Crippen molar-refractivity contribution < 1.29 is 13.2 Å². The normalized spacial score (nSPS) is 11.7. The third-order valence-corrected chi connectivity index (χ3v) is 6.56. The summed E-state index contributed by atoms with van der Waals surface area (Å²) in [4.78, 5) is 13.1. The number of benzene rings is 1. The molecular weight excluding hydrogens is 332 g/mol. The van der Waals surface area contributed by atoms with Gasteiger partial charge in [-0.2, -0.15) is 4.31 Å². The molecule has 0 saturated heterocycles. The maximum absolute atomic E-state index is 12.5. The zero-order chi connectivity index (χ0) is 17.0. The average molecular weight is 352 g/mol. The lowest BCUT2D eigenvalue weighted by Crippen LogP contribution is -2.30. The van der Waals surface area contributed by atoms with Gasteiger partial charge in [0.2, 0.25) is 10.0 Å². The Bertz CT molecular complexity index is 793. The van der Waals surface area contributed by atoms with Crippen LogP contribution in [0.1, 0.15) is 29.1 Å². The van der Waals surface area contributed by atoms with Gasteiger partial charge in [-0.25, -0.2) is 8.42 Å². The van der Waals surface area contributed by atoms with E-state index in [4.69, 9.17) is 0 Å². The van der Waals surface area contributed by atoms with Crippen molar-refractivity contribution >= 4 is 33.0 Å². The fraction of sp³-hybridized carbons (Fsp3) is 0.312. The molecule has 0 saturated carbocycles. The summed E-state index contributed by atoms with van der Waals surface area (Å²) in [6.07, 6.45) is 0. The van der Waals surface area contributed by atoms with Crippen LogP contribution in [0.4, 0.5) is 5.69 Å². The third kappa shape index (κ3) is 3.80. The quantitative estimate of drug-likeness (QED) is 0.867. The topological polar surface area (TPSA) is 66.5 Å². The maximum Gasteiger partial charge on any atom is 0.265 e. The second-order valence-corrected chi connectivity index (χ2v) is 7.86. The van der Waals surface area contributed by atoms with Gasteiger partial charge in [-0.3, -0.25) is 4.79 Å². The predicted molar refractivity (Wildman–Crippen MR) is 93.6 cm³/mol. The zero-order valence-electron chi connectivity index (χ0n) is 13.4. The van der Waals surface area contributed by atoms with Crippen LogP contribution in [-0.2, 0) is 10.0 Å². The second kappa shape index (κ2) is 7.25.